The van der Waals surface area contributed by atoms with Crippen LogP contribution in [0.5, 0.6) is 0 Å². The van der Waals surface area contributed by atoms with E-state index in [2.05, 4.69) is 25.8 Å². The molecular weight excluding hydrogens is 348 g/mol. The van der Waals surface area contributed by atoms with Crippen molar-refractivity contribution in [2.75, 3.05) is 7.11 Å². The van der Waals surface area contributed by atoms with Gasteiger partial charge in [-0.3, -0.25) is 4.79 Å². The topological polar surface area (TPSA) is 61.2 Å². The van der Waals surface area contributed by atoms with Crippen molar-refractivity contribution < 1.29 is 9.53 Å². The Morgan fingerprint density at radius 3 is 2.75 bits per heavy atom. The molecule has 20 heavy (non-hydrogen) atoms. The Hall–Kier alpha value is -1.66. The summed E-state index contributed by atoms with van der Waals surface area (Å²) >= 11 is 9.24. The van der Waals surface area contributed by atoms with Crippen LogP contribution in [0.3, 0.4) is 0 Å². The predicted octanol–water partition coefficient (Wildman–Crippen LogP) is 2.74. The number of hydrogen-bond donors (Lipinski definition) is 0. The maximum atomic E-state index is 11.9. The van der Waals surface area contributed by atoms with Gasteiger partial charge in [-0.1, -0.05) is 11.6 Å². The zero-order valence-electron chi connectivity index (χ0n) is 10.7. The molecule has 0 aliphatic carbocycles. The molecule has 0 bridgehead atoms. The minimum absolute atomic E-state index is 0.251. The Balaban J connectivity index is 2.63. The highest BCUT2D eigenvalue weighted by molar-refractivity contribution is 9.10. The SMILES string of the molecule is COC(=O)c1nn(-c2ccc(Cl)c(Br)c2)cc(C)c1=O. The zero-order valence-corrected chi connectivity index (χ0v) is 13.0. The van der Waals surface area contributed by atoms with E-state index in [9.17, 15) is 9.59 Å². The van der Waals surface area contributed by atoms with E-state index in [0.717, 1.165) is 0 Å². The number of hydrogen-bond acceptors (Lipinski definition) is 4. The molecule has 2 aromatic rings. The fraction of sp³-hybridized carbons (Fsp3) is 0.154. The molecule has 0 aliphatic rings. The lowest BCUT2D eigenvalue weighted by atomic mass is 10.2. The minimum Gasteiger partial charge on any atom is -0.464 e. The van der Waals surface area contributed by atoms with Crippen LogP contribution in [0.1, 0.15) is 16.1 Å². The number of rotatable bonds is 2. The van der Waals surface area contributed by atoms with Crippen molar-refractivity contribution >= 4 is 33.5 Å². The van der Waals surface area contributed by atoms with Gasteiger partial charge in [0, 0.05) is 16.2 Å². The highest BCUT2D eigenvalue weighted by Gasteiger charge is 2.16. The number of esters is 1. The number of nitrogens with zero attached hydrogens (tertiary/aromatic N) is 2. The highest BCUT2D eigenvalue weighted by Crippen LogP contribution is 2.24. The zero-order chi connectivity index (χ0) is 14.9. The van der Waals surface area contributed by atoms with Crippen LogP contribution in [0.15, 0.2) is 33.7 Å². The molecule has 0 radical (unpaired) electrons. The third-order valence-electron chi connectivity index (χ3n) is 2.64. The molecule has 104 valence electrons. The second-order valence-electron chi connectivity index (χ2n) is 4.02. The average Bonchev–Trinajstić information content (AvgIpc) is 2.44. The Bertz CT molecular complexity index is 743. The number of methoxy groups -OCH3 is 1. The van der Waals surface area contributed by atoms with Gasteiger partial charge < -0.3 is 4.74 Å². The van der Waals surface area contributed by atoms with E-state index in [-0.39, 0.29) is 5.69 Å². The Labute approximate surface area is 128 Å². The molecular formula is C13H10BrClN2O3. The molecule has 5 nitrogen and oxygen atoms in total. The molecule has 0 aliphatic heterocycles. The summed E-state index contributed by atoms with van der Waals surface area (Å²) in [5, 5.41) is 4.57. The second kappa shape index (κ2) is 5.76. The normalized spacial score (nSPS) is 10.4. The summed E-state index contributed by atoms with van der Waals surface area (Å²) in [4.78, 5) is 23.4. The fourth-order valence-corrected chi connectivity index (χ4v) is 2.09. The minimum atomic E-state index is -0.763. The molecule has 0 N–H and O–H groups in total. The van der Waals surface area contributed by atoms with Gasteiger partial charge in [0.05, 0.1) is 17.8 Å². The van der Waals surface area contributed by atoms with Crippen LogP contribution in [0.4, 0.5) is 0 Å². The van der Waals surface area contributed by atoms with Crippen LogP contribution in [0.2, 0.25) is 5.02 Å². The van der Waals surface area contributed by atoms with Crippen LogP contribution in [0, 0.1) is 6.92 Å². The van der Waals surface area contributed by atoms with Gasteiger partial charge >= 0.3 is 5.97 Å². The van der Waals surface area contributed by atoms with Crippen molar-refractivity contribution in [2.24, 2.45) is 0 Å². The molecule has 0 amide bonds. The molecule has 1 heterocycles. The molecule has 0 unspecified atom stereocenters. The summed E-state index contributed by atoms with van der Waals surface area (Å²) < 4.78 is 6.68. The summed E-state index contributed by atoms with van der Waals surface area (Å²) in [5.74, 6) is -0.763. The first-order chi connectivity index (χ1) is 9.43. The van der Waals surface area contributed by atoms with E-state index in [4.69, 9.17) is 11.6 Å². The lowest BCUT2D eigenvalue weighted by Crippen LogP contribution is -2.24. The van der Waals surface area contributed by atoms with E-state index in [0.29, 0.717) is 20.7 Å². The van der Waals surface area contributed by atoms with Crippen LogP contribution < -0.4 is 5.43 Å². The molecule has 7 heteroatoms. The molecule has 0 saturated carbocycles. The Morgan fingerprint density at radius 2 is 2.15 bits per heavy atom. The van der Waals surface area contributed by atoms with E-state index in [1.54, 1.807) is 31.3 Å². The van der Waals surface area contributed by atoms with Gasteiger partial charge in [-0.15, -0.1) is 0 Å². The van der Waals surface area contributed by atoms with Crippen molar-refractivity contribution in [2.45, 2.75) is 6.92 Å². The molecule has 0 spiro atoms. The standard InChI is InChI=1S/C13H10BrClN2O3/c1-7-6-17(8-3-4-10(15)9(14)5-8)16-11(12(7)18)13(19)20-2/h3-6H,1-2H3. The number of ether oxygens (including phenoxy) is 1. The number of benzene rings is 1. The lowest BCUT2D eigenvalue weighted by Gasteiger charge is -2.09. The summed E-state index contributed by atoms with van der Waals surface area (Å²) in [6.07, 6.45) is 1.55. The van der Waals surface area contributed by atoms with Crippen molar-refractivity contribution in [1.29, 1.82) is 0 Å². The lowest BCUT2D eigenvalue weighted by molar-refractivity contribution is 0.0590. The third kappa shape index (κ3) is 2.76. The summed E-state index contributed by atoms with van der Waals surface area (Å²) in [5.41, 5.74) is 0.362. The number of aromatic nitrogens is 2. The maximum absolute atomic E-state index is 11.9. The Kier molecular flexibility index (Phi) is 4.25. The highest BCUT2D eigenvalue weighted by atomic mass is 79.9. The Morgan fingerprint density at radius 1 is 1.45 bits per heavy atom. The maximum Gasteiger partial charge on any atom is 0.362 e. The first-order valence-electron chi connectivity index (χ1n) is 5.58. The second-order valence-corrected chi connectivity index (χ2v) is 5.29. The quantitative estimate of drug-likeness (QED) is 0.775. The van der Waals surface area contributed by atoms with Crippen LogP contribution in [0.25, 0.3) is 5.69 Å². The predicted molar refractivity (Wildman–Crippen MR) is 78.6 cm³/mol. The number of carbonyl (C=O) groups excluding carboxylic acids is 1. The number of carbonyl (C=O) groups is 1. The number of halogens is 2. The van der Waals surface area contributed by atoms with E-state index >= 15 is 0 Å². The van der Waals surface area contributed by atoms with Gasteiger partial charge in [-0.05, 0) is 41.1 Å². The van der Waals surface area contributed by atoms with Crippen LogP contribution in [-0.4, -0.2) is 22.9 Å². The van der Waals surface area contributed by atoms with E-state index in [1.807, 2.05) is 0 Å². The van der Waals surface area contributed by atoms with Gasteiger partial charge in [-0.25, -0.2) is 9.48 Å². The van der Waals surface area contributed by atoms with E-state index < -0.39 is 11.4 Å². The van der Waals surface area contributed by atoms with Crippen molar-refractivity contribution in [3.63, 3.8) is 0 Å². The molecule has 1 aromatic heterocycles. The van der Waals surface area contributed by atoms with Crippen molar-refractivity contribution in [1.82, 2.24) is 9.78 Å². The number of aryl methyl sites for hydroxylation is 1. The first kappa shape index (κ1) is 14.7. The summed E-state index contributed by atoms with van der Waals surface area (Å²) in [7, 11) is 1.20. The fourth-order valence-electron chi connectivity index (χ4n) is 1.60. The molecule has 0 fully saturated rings. The first-order valence-corrected chi connectivity index (χ1v) is 6.75. The molecule has 0 saturated heterocycles. The van der Waals surface area contributed by atoms with Gasteiger partial charge in [-0.2, -0.15) is 5.10 Å². The molecule has 1 aromatic carbocycles. The average molecular weight is 358 g/mol. The van der Waals surface area contributed by atoms with E-state index in [1.165, 1.54) is 11.8 Å². The smallest absolute Gasteiger partial charge is 0.362 e. The van der Waals surface area contributed by atoms with Crippen molar-refractivity contribution in [3.8, 4) is 5.69 Å². The largest absolute Gasteiger partial charge is 0.464 e. The molecule has 0 atom stereocenters. The third-order valence-corrected chi connectivity index (χ3v) is 3.86. The van der Waals surface area contributed by atoms with Gasteiger partial charge in [0.15, 0.2) is 0 Å². The van der Waals surface area contributed by atoms with Gasteiger partial charge in [0.1, 0.15) is 0 Å². The van der Waals surface area contributed by atoms with Crippen molar-refractivity contribution in [3.05, 3.63) is 55.4 Å². The van der Waals surface area contributed by atoms with Crippen LogP contribution in [-0.2, 0) is 4.74 Å². The monoisotopic (exact) mass is 356 g/mol. The van der Waals surface area contributed by atoms with Gasteiger partial charge in [0.25, 0.3) is 0 Å². The molecule has 2 rings (SSSR count). The summed E-state index contributed by atoms with van der Waals surface area (Å²) in [6.45, 7) is 1.61. The van der Waals surface area contributed by atoms with Crippen LogP contribution >= 0.6 is 27.5 Å². The summed E-state index contributed by atoms with van der Waals surface area (Å²) in [6, 6.07) is 5.15. The van der Waals surface area contributed by atoms with Gasteiger partial charge in [0.2, 0.25) is 11.1 Å².